The fourth-order valence-electron chi connectivity index (χ4n) is 3.86. The highest BCUT2D eigenvalue weighted by Crippen LogP contribution is 2.38. The number of amides is 2. The third kappa shape index (κ3) is 3.14. The molecule has 3 aromatic carbocycles. The maximum absolute atomic E-state index is 14.2. The molecule has 1 atom stereocenters. The van der Waals surface area contributed by atoms with Gasteiger partial charge in [0.2, 0.25) is 12.7 Å². The standard InChI is InChI=1S/C23H17FN2O4/c24-16-7-8-18-17(11-16)22(14-4-2-1-3-5-14)26(12-21(27)25-18)23(28)15-6-9-19-20(10-15)30-13-29-19/h1-11,22H,12-13H2,(H,25,27). The highest BCUT2D eigenvalue weighted by Gasteiger charge is 2.34. The Hall–Kier alpha value is -3.87. The molecule has 0 spiro atoms. The molecule has 2 aliphatic heterocycles. The molecule has 1 unspecified atom stereocenters. The Morgan fingerprint density at radius 1 is 1.00 bits per heavy atom. The average Bonchev–Trinajstić information content (AvgIpc) is 3.17. The molecule has 0 aromatic heterocycles. The van der Waals surface area contributed by atoms with Crippen LogP contribution in [-0.2, 0) is 4.79 Å². The fraction of sp³-hybridized carbons (Fsp3) is 0.130. The lowest BCUT2D eigenvalue weighted by Gasteiger charge is -2.30. The molecule has 5 rings (SSSR count). The van der Waals surface area contributed by atoms with Gasteiger partial charge in [-0.15, -0.1) is 0 Å². The van der Waals surface area contributed by atoms with Crippen LogP contribution in [-0.4, -0.2) is 30.1 Å². The number of hydrogen-bond acceptors (Lipinski definition) is 4. The van der Waals surface area contributed by atoms with Crippen molar-refractivity contribution >= 4 is 17.5 Å². The first-order valence-electron chi connectivity index (χ1n) is 9.45. The van der Waals surface area contributed by atoms with Crippen LogP contribution in [0.25, 0.3) is 0 Å². The van der Waals surface area contributed by atoms with E-state index in [0.29, 0.717) is 28.3 Å². The molecule has 0 fully saturated rings. The van der Waals surface area contributed by atoms with Gasteiger partial charge in [-0.3, -0.25) is 9.59 Å². The van der Waals surface area contributed by atoms with E-state index >= 15 is 0 Å². The molecule has 0 saturated heterocycles. The molecule has 30 heavy (non-hydrogen) atoms. The number of fused-ring (bicyclic) bond motifs is 2. The topological polar surface area (TPSA) is 67.9 Å². The van der Waals surface area contributed by atoms with E-state index in [1.165, 1.54) is 23.1 Å². The zero-order valence-electron chi connectivity index (χ0n) is 15.8. The van der Waals surface area contributed by atoms with Crippen LogP contribution in [0.3, 0.4) is 0 Å². The summed E-state index contributed by atoms with van der Waals surface area (Å²) in [6, 6.07) is 17.7. The number of rotatable bonds is 2. The predicted octanol–water partition coefficient (Wildman–Crippen LogP) is 3.74. The molecule has 2 aliphatic rings. The third-order valence-corrected chi connectivity index (χ3v) is 5.20. The highest BCUT2D eigenvalue weighted by molar-refractivity contribution is 6.01. The van der Waals surface area contributed by atoms with Gasteiger partial charge in [-0.05, 0) is 42.0 Å². The lowest BCUT2D eigenvalue weighted by atomic mass is 9.95. The Kier molecular flexibility index (Phi) is 4.35. The van der Waals surface area contributed by atoms with Crippen molar-refractivity contribution in [3.05, 3.63) is 89.2 Å². The second-order valence-corrected chi connectivity index (χ2v) is 7.09. The Morgan fingerprint density at radius 3 is 2.63 bits per heavy atom. The first-order chi connectivity index (χ1) is 14.6. The Morgan fingerprint density at radius 2 is 1.80 bits per heavy atom. The first kappa shape index (κ1) is 18.2. The van der Waals surface area contributed by atoms with Gasteiger partial charge in [0.25, 0.3) is 5.91 Å². The zero-order valence-corrected chi connectivity index (χ0v) is 15.8. The van der Waals surface area contributed by atoms with Crippen LogP contribution in [0.15, 0.2) is 66.7 Å². The van der Waals surface area contributed by atoms with Crippen molar-refractivity contribution in [2.24, 2.45) is 0 Å². The summed E-state index contributed by atoms with van der Waals surface area (Å²) in [5.41, 5.74) is 2.13. The van der Waals surface area contributed by atoms with Crippen molar-refractivity contribution in [2.45, 2.75) is 6.04 Å². The van der Waals surface area contributed by atoms with Gasteiger partial charge in [0.05, 0.1) is 6.04 Å². The second-order valence-electron chi connectivity index (χ2n) is 7.09. The monoisotopic (exact) mass is 404 g/mol. The fourth-order valence-corrected chi connectivity index (χ4v) is 3.86. The quantitative estimate of drug-likeness (QED) is 0.707. The minimum Gasteiger partial charge on any atom is -0.454 e. The van der Waals surface area contributed by atoms with E-state index in [-0.39, 0.29) is 25.2 Å². The van der Waals surface area contributed by atoms with Gasteiger partial charge in [-0.2, -0.15) is 0 Å². The van der Waals surface area contributed by atoms with Crippen LogP contribution in [0, 0.1) is 5.82 Å². The van der Waals surface area contributed by atoms with E-state index in [2.05, 4.69) is 5.32 Å². The van der Waals surface area contributed by atoms with Gasteiger partial charge in [0.1, 0.15) is 12.4 Å². The van der Waals surface area contributed by atoms with E-state index in [1.54, 1.807) is 18.2 Å². The van der Waals surface area contributed by atoms with E-state index in [0.717, 1.165) is 5.56 Å². The summed E-state index contributed by atoms with van der Waals surface area (Å²) >= 11 is 0. The lowest BCUT2D eigenvalue weighted by molar-refractivity contribution is -0.117. The molecule has 1 N–H and O–H groups in total. The number of benzene rings is 3. The minimum absolute atomic E-state index is 0.0956. The van der Waals surface area contributed by atoms with E-state index in [1.807, 2.05) is 30.3 Å². The molecular formula is C23H17FN2O4. The summed E-state index contributed by atoms with van der Waals surface area (Å²) in [5.74, 6) is -0.124. The van der Waals surface area contributed by atoms with Gasteiger partial charge in [-0.25, -0.2) is 4.39 Å². The predicted molar refractivity (Wildman–Crippen MR) is 107 cm³/mol. The molecule has 7 heteroatoms. The van der Waals surface area contributed by atoms with Gasteiger partial charge in [0, 0.05) is 16.8 Å². The number of nitrogens with zero attached hydrogens (tertiary/aromatic N) is 1. The number of carbonyl (C=O) groups is 2. The molecule has 2 amide bonds. The maximum atomic E-state index is 14.2. The van der Waals surface area contributed by atoms with Crippen molar-refractivity contribution in [1.82, 2.24) is 4.90 Å². The summed E-state index contributed by atoms with van der Waals surface area (Å²) in [6.07, 6.45) is 0. The van der Waals surface area contributed by atoms with Gasteiger partial charge >= 0.3 is 0 Å². The van der Waals surface area contributed by atoms with Gasteiger partial charge in [-0.1, -0.05) is 30.3 Å². The van der Waals surface area contributed by atoms with Crippen molar-refractivity contribution in [2.75, 3.05) is 18.7 Å². The van der Waals surface area contributed by atoms with E-state index in [9.17, 15) is 14.0 Å². The summed E-state index contributed by atoms with van der Waals surface area (Å²) < 4.78 is 24.9. The summed E-state index contributed by atoms with van der Waals surface area (Å²) in [6.45, 7) is -0.0818. The molecule has 3 aromatic rings. The summed E-state index contributed by atoms with van der Waals surface area (Å²) in [4.78, 5) is 27.6. The highest BCUT2D eigenvalue weighted by atomic mass is 19.1. The molecule has 6 nitrogen and oxygen atoms in total. The number of carbonyl (C=O) groups excluding carboxylic acids is 2. The van der Waals surface area contributed by atoms with Crippen molar-refractivity contribution in [1.29, 1.82) is 0 Å². The maximum Gasteiger partial charge on any atom is 0.255 e. The largest absolute Gasteiger partial charge is 0.454 e. The number of anilines is 1. The van der Waals surface area contributed by atoms with Crippen LogP contribution in [0.1, 0.15) is 27.5 Å². The van der Waals surface area contributed by atoms with Gasteiger partial charge in [0.15, 0.2) is 11.5 Å². The molecule has 0 radical (unpaired) electrons. The van der Waals surface area contributed by atoms with Crippen LogP contribution in [0.5, 0.6) is 11.5 Å². The smallest absolute Gasteiger partial charge is 0.255 e. The molecule has 2 heterocycles. The van der Waals surface area contributed by atoms with Crippen molar-refractivity contribution in [3.63, 3.8) is 0 Å². The van der Waals surface area contributed by atoms with Crippen LogP contribution in [0.2, 0.25) is 0 Å². The van der Waals surface area contributed by atoms with Crippen molar-refractivity contribution < 1.29 is 23.5 Å². The SMILES string of the molecule is O=C1CN(C(=O)c2ccc3c(c2)OCO3)C(c2ccccc2)c2cc(F)ccc2N1. The molecule has 150 valence electrons. The minimum atomic E-state index is -0.645. The van der Waals surface area contributed by atoms with Gasteiger partial charge < -0.3 is 19.7 Å². The Bertz CT molecular complexity index is 1150. The molecule has 0 bridgehead atoms. The number of nitrogens with one attached hydrogen (secondary N) is 1. The summed E-state index contributed by atoms with van der Waals surface area (Å²) in [7, 11) is 0. The number of halogens is 1. The van der Waals surface area contributed by atoms with Crippen LogP contribution < -0.4 is 14.8 Å². The zero-order chi connectivity index (χ0) is 20.7. The van der Waals surface area contributed by atoms with Crippen molar-refractivity contribution in [3.8, 4) is 11.5 Å². The number of ether oxygens (including phenoxy) is 2. The van der Waals surface area contributed by atoms with Crippen LogP contribution in [0.4, 0.5) is 10.1 Å². The Labute approximate surface area is 171 Å². The normalized spacial score (nSPS) is 17.2. The third-order valence-electron chi connectivity index (χ3n) is 5.20. The second kappa shape index (κ2) is 7.18. The number of hydrogen-bond donors (Lipinski definition) is 1. The molecular weight excluding hydrogens is 387 g/mol. The van der Waals surface area contributed by atoms with Crippen LogP contribution >= 0.6 is 0 Å². The molecule has 0 saturated carbocycles. The van der Waals surface area contributed by atoms with E-state index in [4.69, 9.17) is 9.47 Å². The lowest BCUT2D eigenvalue weighted by Crippen LogP contribution is -2.39. The Balaban J connectivity index is 1.64. The molecule has 0 aliphatic carbocycles. The first-order valence-corrected chi connectivity index (χ1v) is 9.45. The summed E-state index contributed by atoms with van der Waals surface area (Å²) in [5, 5.41) is 2.78. The average molecular weight is 404 g/mol. The van der Waals surface area contributed by atoms with E-state index < -0.39 is 11.9 Å².